The molecule has 0 fully saturated rings. The molecule has 178 valence electrons. The van der Waals surface area contributed by atoms with Crippen LogP contribution in [0.5, 0.6) is 17.2 Å². The Hall–Kier alpha value is -4.00. The Balaban J connectivity index is 1.88. The monoisotopic (exact) mass is 463 g/mol. The van der Waals surface area contributed by atoms with Crippen LogP contribution in [0.3, 0.4) is 0 Å². The number of hydrogen-bond donors (Lipinski definition) is 1. The summed E-state index contributed by atoms with van der Waals surface area (Å²) < 4.78 is 22.1. The summed E-state index contributed by atoms with van der Waals surface area (Å²) in [6, 6.07) is 19.0. The Labute approximate surface area is 199 Å². The van der Waals surface area contributed by atoms with Crippen molar-refractivity contribution in [1.82, 2.24) is 0 Å². The second kappa shape index (κ2) is 11.2. The van der Waals surface area contributed by atoms with Crippen molar-refractivity contribution in [2.45, 2.75) is 33.0 Å². The Bertz CT molecular complexity index is 1140. The van der Waals surface area contributed by atoms with Gasteiger partial charge in [0.2, 0.25) is 6.10 Å². The summed E-state index contributed by atoms with van der Waals surface area (Å²) in [6.45, 7) is 5.70. The second-order valence-corrected chi connectivity index (χ2v) is 7.92. The first kappa shape index (κ1) is 24.6. The molecule has 1 N–H and O–H groups in total. The zero-order chi connectivity index (χ0) is 24.7. The molecule has 1 atom stereocenters. The standard InChI is InChI=1S/C27H29NO6/c1-17(2)33-23-14-12-20(16-24(23)32-5)27(30)34-25(19-9-7-6-8-10-19)26(29)28-21-15-18(3)11-13-22(21)31-4/h6-17,25H,1-5H3,(H,28,29). The minimum absolute atomic E-state index is 0.0588. The highest BCUT2D eigenvalue weighted by atomic mass is 16.5. The Morgan fingerprint density at radius 3 is 2.15 bits per heavy atom. The van der Waals surface area contributed by atoms with E-state index in [1.165, 1.54) is 20.3 Å². The quantitative estimate of drug-likeness (QED) is 0.432. The lowest BCUT2D eigenvalue weighted by atomic mass is 10.1. The van der Waals surface area contributed by atoms with Crippen molar-refractivity contribution in [1.29, 1.82) is 0 Å². The molecule has 0 radical (unpaired) electrons. The van der Waals surface area contributed by atoms with E-state index < -0.39 is 18.0 Å². The molecular weight excluding hydrogens is 434 g/mol. The van der Waals surface area contributed by atoms with Crippen LogP contribution in [0.15, 0.2) is 66.7 Å². The van der Waals surface area contributed by atoms with Crippen molar-refractivity contribution in [3.8, 4) is 17.2 Å². The summed E-state index contributed by atoms with van der Waals surface area (Å²) in [7, 11) is 3.02. The van der Waals surface area contributed by atoms with Gasteiger partial charge in [0.1, 0.15) is 5.75 Å². The summed E-state index contributed by atoms with van der Waals surface area (Å²) >= 11 is 0. The highest BCUT2D eigenvalue weighted by molar-refractivity contribution is 5.99. The van der Waals surface area contributed by atoms with E-state index in [2.05, 4.69) is 5.32 Å². The van der Waals surface area contributed by atoms with Gasteiger partial charge in [-0.05, 0) is 56.7 Å². The van der Waals surface area contributed by atoms with Gasteiger partial charge in [0.05, 0.1) is 31.6 Å². The second-order valence-electron chi connectivity index (χ2n) is 7.92. The molecule has 3 rings (SSSR count). The van der Waals surface area contributed by atoms with E-state index in [0.29, 0.717) is 28.5 Å². The molecule has 3 aromatic carbocycles. The van der Waals surface area contributed by atoms with Gasteiger partial charge in [0.25, 0.3) is 5.91 Å². The molecule has 7 heteroatoms. The lowest BCUT2D eigenvalue weighted by Gasteiger charge is -2.20. The molecule has 0 saturated heterocycles. The molecular formula is C27H29NO6. The van der Waals surface area contributed by atoms with Gasteiger partial charge in [0.15, 0.2) is 11.5 Å². The lowest BCUT2D eigenvalue weighted by molar-refractivity contribution is -0.125. The van der Waals surface area contributed by atoms with E-state index in [1.54, 1.807) is 48.5 Å². The van der Waals surface area contributed by atoms with E-state index in [4.69, 9.17) is 18.9 Å². The fourth-order valence-electron chi connectivity index (χ4n) is 3.34. The average molecular weight is 464 g/mol. The van der Waals surface area contributed by atoms with E-state index in [0.717, 1.165) is 5.56 Å². The summed E-state index contributed by atoms with van der Waals surface area (Å²) in [6.07, 6.45) is -1.24. The fraction of sp³-hybridized carbons (Fsp3) is 0.259. The van der Waals surface area contributed by atoms with Crippen LogP contribution < -0.4 is 19.5 Å². The first-order valence-electron chi connectivity index (χ1n) is 10.9. The number of ether oxygens (including phenoxy) is 4. The maximum absolute atomic E-state index is 13.3. The van der Waals surface area contributed by atoms with E-state index in [9.17, 15) is 9.59 Å². The third-order valence-corrected chi connectivity index (χ3v) is 4.94. The third-order valence-electron chi connectivity index (χ3n) is 4.94. The van der Waals surface area contributed by atoms with Gasteiger partial charge < -0.3 is 24.3 Å². The van der Waals surface area contributed by atoms with Crippen LogP contribution in [0.1, 0.15) is 41.4 Å². The minimum Gasteiger partial charge on any atom is -0.495 e. The van der Waals surface area contributed by atoms with Crippen molar-refractivity contribution in [2.24, 2.45) is 0 Å². The summed E-state index contributed by atoms with van der Waals surface area (Å²) in [4.78, 5) is 26.3. The molecule has 0 aromatic heterocycles. The van der Waals surface area contributed by atoms with Gasteiger partial charge in [-0.1, -0.05) is 36.4 Å². The summed E-state index contributed by atoms with van der Waals surface area (Å²) in [5.74, 6) is 0.235. The van der Waals surface area contributed by atoms with Crippen LogP contribution in [0.25, 0.3) is 0 Å². The maximum Gasteiger partial charge on any atom is 0.339 e. The van der Waals surface area contributed by atoms with Gasteiger partial charge in [-0.25, -0.2) is 4.79 Å². The van der Waals surface area contributed by atoms with Crippen molar-refractivity contribution in [3.05, 3.63) is 83.4 Å². The maximum atomic E-state index is 13.3. The smallest absolute Gasteiger partial charge is 0.339 e. The molecule has 0 spiro atoms. The number of nitrogens with one attached hydrogen (secondary N) is 1. The molecule has 0 saturated carbocycles. The molecule has 1 amide bonds. The SMILES string of the molecule is COc1ccc(C)cc1NC(=O)C(OC(=O)c1ccc(OC(C)C)c(OC)c1)c1ccccc1. The Morgan fingerprint density at radius 1 is 0.824 bits per heavy atom. The Morgan fingerprint density at radius 2 is 1.50 bits per heavy atom. The van der Waals surface area contributed by atoms with Crippen LogP contribution in [-0.4, -0.2) is 32.2 Å². The van der Waals surface area contributed by atoms with Gasteiger partial charge >= 0.3 is 5.97 Å². The van der Waals surface area contributed by atoms with E-state index >= 15 is 0 Å². The average Bonchev–Trinajstić information content (AvgIpc) is 2.83. The highest BCUT2D eigenvalue weighted by Gasteiger charge is 2.27. The van der Waals surface area contributed by atoms with Crippen LogP contribution in [0.2, 0.25) is 0 Å². The molecule has 34 heavy (non-hydrogen) atoms. The lowest BCUT2D eigenvalue weighted by Crippen LogP contribution is -2.26. The number of amides is 1. The summed E-state index contributed by atoms with van der Waals surface area (Å²) in [5, 5.41) is 2.83. The number of methoxy groups -OCH3 is 2. The highest BCUT2D eigenvalue weighted by Crippen LogP contribution is 2.31. The first-order chi connectivity index (χ1) is 16.3. The van der Waals surface area contributed by atoms with Crippen LogP contribution in [0, 0.1) is 6.92 Å². The number of anilines is 1. The van der Waals surface area contributed by atoms with Gasteiger partial charge in [-0.3, -0.25) is 4.79 Å². The minimum atomic E-state index is -1.18. The van der Waals surface area contributed by atoms with Gasteiger partial charge in [-0.15, -0.1) is 0 Å². The molecule has 0 aliphatic heterocycles. The molecule has 0 heterocycles. The Kier molecular flexibility index (Phi) is 8.14. The largest absolute Gasteiger partial charge is 0.495 e. The third kappa shape index (κ3) is 6.07. The molecule has 3 aromatic rings. The predicted octanol–water partition coefficient (Wildman–Crippen LogP) is 5.34. The first-order valence-corrected chi connectivity index (χ1v) is 10.9. The number of benzene rings is 3. The topological polar surface area (TPSA) is 83.1 Å². The number of rotatable bonds is 9. The molecule has 1 unspecified atom stereocenters. The van der Waals surface area contributed by atoms with Crippen LogP contribution in [0.4, 0.5) is 5.69 Å². The van der Waals surface area contributed by atoms with Crippen molar-refractivity contribution in [3.63, 3.8) is 0 Å². The number of aryl methyl sites for hydroxylation is 1. The molecule has 7 nitrogen and oxygen atoms in total. The van der Waals surface area contributed by atoms with Crippen molar-refractivity contribution >= 4 is 17.6 Å². The van der Waals surface area contributed by atoms with E-state index in [-0.39, 0.29) is 11.7 Å². The molecule has 0 bridgehead atoms. The van der Waals surface area contributed by atoms with Crippen LogP contribution >= 0.6 is 0 Å². The van der Waals surface area contributed by atoms with E-state index in [1.807, 2.05) is 32.9 Å². The molecule has 0 aliphatic rings. The predicted molar refractivity (Wildman–Crippen MR) is 130 cm³/mol. The van der Waals surface area contributed by atoms with Gasteiger partial charge in [0, 0.05) is 5.56 Å². The molecule has 0 aliphatic carbocycles. The normalized spacial score (nSPS) is 11.5. The number of esters is 1. The number of carbonyl (C=O) groups excluding carboxylic acids is 2. The zero-order valence-electron chi connectivity index (χ0n) is 20.0. The summed E-state index contributed by atoms with van der Waals surface area (Å²) in [5.41, 5.74) is 2.20. The number of carbonyl (C=O) groups is 2. The fourth-order valence-corrected chi connectivity index (χ4v) is 3.34. The van der Waals surface area contributed by atoms with Crippen molar-refractivity contribution < 1.29 is 28.5 Å². The zero-order valence-corrected chi connectivity index (χ0v) is 20.0. The van der Waals surface area contributed by atoms with Gasteiger partial charge in [-0.2, -0.15) is 0 Å². The number of hydrogen-bond acceptors (Lipinski definition) is 6. The van der Waals surface area contributed by atoms with Crippen molar-refractivity contribution in [2.75, 3.05) is 19.5 Å². The van der Waals surface area contributed by atoms with Crippen LogP contribution in [-0.2, 0) is 9.53 Å².